The quantitative estimate of drug-likeness (QED) is 0.515. The third kappa shape index (κ3) is 7.40. The molecule has 0 atom stereocenters. The Kier molecular flexibility index (Phi) is 7.90. The number of rotatable bonds is 1. The first kappa shape index (κ1) is 9.40. The van der Waals surface area contributed by atoms with Crippen LogP contribution in [0.5, 0.6) is 0 Å². The van der Waals surface area contributed by atoms with Crippen molar-refractivity contribution >= 4 is 0 Å². The summed E-state index contributed by atoms with van der Waals surface area (Å²) in [4.78, 5) is 0. The van der Waals surface area contributed by atoms with E-state index in [0.29, 0.717) is 0 Å². The summed E-state index contributed by atoms with van der Waals surface area (Å²) in [5, 5.41) is 0. The van der Waals surface area contributed by atoms with E-state index >= 15 is 0 Å². The van der Waals surface area contributed by atoms with Crippen LogP contribution in [-0.2, 0) is 9.47 Å². The molecular formula is C8H14O2. The standard InChI is InChI=1S/C4H8O2.C4H6/c1-2-6-4-3-5-1;1-3-4-2/h1-4H2;3-4H,1-2H2. The highest BCUT2D eigenvalue weighted by Gasteiger charge is 1.94. The molecule has 1 aliphatic rings. The Labute approximate surface area is 62.1 Å². The fourth-order valence-corrected chi connectivity index (χ4v) is 0.440. The van der Waals surface area contributed by atoms with Crippen LogP contribution in [0.4, 0.5) is 0 Å². The van der Waals surface area contributed by atoms with Gasteiger partial charge in [0.25, 0.3) is 0 Å². The lowest BCUT2D eigenvalue weighted by molar-refractivity contribution is -0.0334. The van der Waals surface area contributed by atoms with Gasteiger partial charge in [-0.25, -0.2) is 0 Å². The summed E-state index contributed by atoms with van der Waals surface area (Å²) in [5.41, 5.74) is 0. The van der Waals surface area contributed by atoms with Crippen LogP contribution < -0.4 is 0 Å². The highest BCUT2D eigenvalue weighted by molar-refractivity contribution is 4.88. The van der Waals surface area contributed by atoms with Gasteiger partial charge in [0.05, 0.1) is 26.4 Å². The number of ether oxygens (including phenoxy) is 2. The molecule has 1 saturated heterocycles. The number of hydrogen-bond donors (Lipinski definition) is 0. The van der Waals surface area contributed by atoms with Gasteiger partial charge in [-0.3, -0.25) is 0 Å². The van der Waals surface area contributed by atoms with Gasteiger partial charge >= 0.3 is 0 Å². The Hall–Kier alpha value is -0.600. The van der Waals surface area contributed by atoms with Gasteiger partial charge in [0.2, 0.25) is 0 Å². The fourth-order valence-electron chi connectivity index (χ4n) is 0.440. The van der Waals surface area contributed by atoms with E-state index in [1.54, 1.807) is 12.2 Å². The van der Waals surface area contributed by atoms with Crippen molar-refractivity contribution in [2.45, 2.75) is 0 Å². The minimum absolute atomic E-state index is 0.778. The van der Waals surface area contributed by atoms with E-state index in [0.717, 1.165) is 26.4 Å². The van der Waals surface area contributed by atoms with Crippen molar-refractivity contribution in [3.05, 3.63) is 25.3 Å². The molecule has 58 valence electrons. The third-order valence-electron chi connectivity index (χ3n) is 0.911. The molecule has 1 fully saturated rings. The van der Waals surface area contributed by atoms with E-state index in [1.165, 1.54) is 0 Å². The minimum Gasteiger partial charge on any atom is -0.377 e. The van der Waals surface area contributed by atoms with Gasteiger partial charge in [0.15, 0.2) is 0 Å². The predicted molar refractivity (Wildman–Crippen MR) is 42.0 cm³/mol. The van der Waals surface area contributed by atoms with E-state index in [4.69, 9.17) is 9.47 Å². The summed E-state index contributed by atoms with van der Waals surface area (Å²) in [7, 11) is 0. The van der Waals surface area contributed by atoms with Gasteiger partial charge in [-0.05, 0) is 0 Å². The van der Waals surface area contributed by atoms with Crippen LogP contribution in [0.1, 0.15) is 0 Å². The highest BCUT2D eigenvalue weighted by atomic mass is 16.6. The summed E-state index contributed by atoms with van der Waals surface area (Å²) in [6, 6.07) is 0. The maximum atomic E-state index is 4.94. The van der Waals surface area contributed by atoms with Gasteiger partial charge in [-0.1, -0.05) is 25.3 Å². The molecule has 0 aromatic heterocycles. The summed E-state index contributed by atoms with van der Waals surface area (Å²) >= 11 is 0. The van der Waals surface area contributed by atoms with Crippen molar-refractivity contribution in [2.75, 3.05) is 26.4 Å². The summed E-state index contributed by atoms with van der Waals surface area (Å²) in [6.45, 7) is 9.83. The summed E-state index contributed by atoms with van der Waals surface area (Å²) < 4.78 is 9.89. The molecule has 0 N–H and O–H groups in total. The van der Waals surface area contributed by atoms with Gasteiger partial charge < -0.3 is 9.47 Å². The largest absolute Gasteiger partial charge is 0.377 e. The van der Waals surface area contributed by atoms with E-state index < -0.39 is 0 Å². The molecule has 0 saturated carbocycles. The lowest BCUT2D eigenvalue weighted by Crippen LogP contribution is -2.16. The average molecular weight is 142 g/mol. The second kappa shape index (κ2) is 8.40. The third-order valence-corrected chi connectivity index (χ3v) is 0.911. The lowest BCUT2D eigenvalue weighted by atomic mass is 10.6. The predicted octanol–water partition coefficient (Wildman–Crippen LogP) is 1.39. The molecular weight excluding hydrogens is 128 g/mol. The number of hydrogen-bond acceptors (Lipinski definition) is 2. The molecule has 10 heavy (non-hydrogen) atoms. The Morgan fingerprint density at radius 3 is 1.20 bits per heavy atom. The summed E-state index contributed by atoms with van der Waals surface area (Å²) in [5.74, 6) is 0. The molecule has 2 nitrogen and oxygen atoms in total. The Balaban J connectivity index is 0.000000180. The van der Waals surface area contributed by atoms with Crippen molar-refractivity contribution in [3.63, 3.8) is 0 Å². The van der Waals surface area contributed by atoms with Crippen molar-refractivity contribution in [1.82, 2.24) is 0 Å². The smallest absolute Gasteiger partial charge is 0.0701 e. The maximum absolute atomic E-state index is 4.94. The molecule has 0 amide bonds. The highest BCUT2D eigenvalue weighted by Crippen LogP contribution is 1.85. The van der Waals surface area contributed by atoms with Crippen LogP contribution in [0.3, 0.4) is 0 Å². The summed E-state index contributed by atoms with van der Waals surface area (Å²) in [6.07, 6.45) is 3.28. The second-order valence-corrected chi connectivity index (χ2v) is 1.70. The van der Waals surface area contributed by atoms with Crippen LogP contribution in [-0.4, -0.2) is 26.4 Å². The molecule has 1 rings (SSSR count). The van der Waals surface area contributed by atoms with Gasteiger partial charge in [-0.2, -0.15) is 0 Å². The van der Waals surface area contributed by atoms with Crippen LogP contribution in [0, 0.1) is 0 Å². The zero-order chi connectivity index (χ0) is 7.66. The minimum atomic E-state index is 0.778. The molecule has 0 aromatic rings. The van der Waals surface area contributed by atoms with E-state index in [2.05, 4.69) is 13.2 Å². The topological polar surface area (TPSA) is 18.5 Å². The molecule has 2 heteroatoms. The second-order valence-electron chi connectivity index (χ2n) is 1.70. The SMILES string of the molecule is C1COCCO1.C=CC=C. The van der Waals surface area contributed by atoms with Gasteiger partial charge in [-0.15, -0.1) is 0 Å². The first-order valence-corrected chi connectivity index (χ1v) is 3.30. The monoisotopic (exact) mass is 142 g/mol. The van der Waals surface area contributed by atoms with Crippen LogP contribution in [0.15, 0.2) is 25.3 Å². The fraction of sp³-hybridized carbons (Fsp3) is 0.500. The van der Waals surface area contributed by atoms with E-state index in [9.17, 15) is 0 Å². The first-order chi connectivity index (χ1) is 4.91. The average Bonchev–Trinajstić information content (AvgIpc) is 2.08. The molecule has 0 aliphatic carbocycles. The van der Waals surface area contributed by atoms with Crippen molar-refractivity contribution in [1.29, 1.82) is 0 Å². The number of allylic oxidation sites excluding steroid dienone is 2. The molecule has 1 heterocycles. The van der Waals surface area contributed by atoms with Crippen molar-refractivity contribution < 1.29 is 9.47 Å². The molecule has 0 unspecified atom stereocenters. The Bertz CT molecular complexity index is 67.7. The Morgan fingerprint density at radius 1 is 0.800 bits per heavy atom. The normalized spacial score (nSPS) is 16.4. The zero-order valence-corrected chi connectivity index (χ0v) is 6.21. The van der Waals surface area contributed by atoms with Crippen LogP contribution >= 0.6 is 0 Å². The van der Waals surface area contributed by atoms with Gasteiger partial charge in [0, 0.05) is 0 Å². The lowest BCUT2D eigenvalue weighted by Gasteiger charge is -2.09. The van der Waals surface area contributed by atoms with E-state index in [-0.39, 0.29) is 0 Å². The van der Waals surface area contributed by atoms with Crippen LogP contribution in [0.25, 0.3) is 0 Å². The molecule has 0 bridgehead atoms. The van der Waals surface area contributed by atoms with Gasteiger partial charge in [0.1, 0.15) is 0 Å². The van der Waals surface area contributed by atoms with Crippen molar-refractivity contribution in [2.24, 2.45) is 0 Å². The molecule has 0 spiro atoms. The van der Waals surface area contributed by atoms with Crippen LogP contribution in [0.2, 0.25) is 0 Å². The van der Waals surface area contributed by atoms with E-state index in [1.807, 2.05) is 0 Å². The molecule has 0 aromatic carbocycles. The molecule has 1 aliphatic heterocycles. The molecule has 0 radical (unpaired) electrons. The first-order valence-electron chi connectivity index (χ1n) is 3.30. The maximum Gasteiger partial charge on any atom is 0.0701 e. The zero-order valence-electron chi connectivity index (χ0n) is 6.21. The van der Waals surface area contributed by atoms with Crippen molar-refractivity contribution in [3.8, 4) is 0 Å². The Morgan fingerprint density at radius 2 is 1.10 bits per heavy atom.